The number of rotatable bonds is 0. The molecule has 0 amide bonds. The van der Waals surface area contributed by atoms with Gasteiger partial charge in [0.25, 0.3) is 0 Å². The minimum absolute atomic E-state index is 1.33. The van der Waals surface area contributed by atoms with E-state index in [-0.39, 0.29) is 0 Å². The lowest BCUT2D eigenvalue weighted by Crippen LogP contribution is -1.99. The molecule has 0 nitrogen and oxygen atoms in total. The summed E-state index contributed by atoms with van der Waals surface area (Å²) in [4.78, 5) is 1.55. The molecule has 0 radical (unpaired) electrons. The monoisotopic (exact) mass is 152 g/mol. The van der Waals surface area contributed by atoms with Crippen LogP contribution in [0.15, 0.2) is 5.38 Å². The molecule has 1 heterocycles. The summed E-state index contributed by atoms with van der Waals surface area (Å²) in [5.41, 5.74) is 3.30. The van der Waals surface area contributed by atoms with Gasteiger partial charge in [-0.1, -0.05) is 0 Å². The van der Waals surface area contributed by atoms with Crippen LogP contribution >= 0.6 is 11.3 Å². The molecule has 0 saturated carbocycles. The first-order chi connectivity index (χ1) is 4.88. The molecule has 0 bridgehead atoms. The second-order valence-electron chi connectivity index (χ2n) is 3.00. The summed E-state index contributed by atoms with van der Waals surface area (Å²) in [6, 6.07) is 0. The number of hydrogen-bond donors (Lipinski definition) is 0. The maximum atomic E-state index is 2.34. The highest BCUT2D eigenvalue weighted by Gasteiger charge is 2.11. The Labute approximate surface area is 65.9 Å². The third-order valence-corrected chi connectivity index (χ3v) is 3.32. The molecule has 0 unspecified atom stereocenters. The third kappa shape index (κ3) is 0.891. The van der Waals surface area contributed by atoms with Crippen molar-refractivity contribution in [3.8, 4) is 0 Å². The highest BCUT2D eigenvalue weighted by Crippen LogP contribution is 2.28. The van der Waals surface area contributed by atoms with E-state index in [9.17, 15) is 0 Å². The van der Waals surface area contributed by atoms with Crippen LogP contribution in [-0.4, -0.2) is 0 Å². The van der Waals surface area contributed by atoms with Gasteiger partial charge >= 0.3 is 0 Å². The van der Waals surface area contributed by atoms with E-state index in [2.05, 4.69) is 12.3 Å². The first-order valence-corrected chi connectivity index (χ1v) is 4.82. The van der Waals surface area contributed by atoms with Crippen LogP contribution in [0.25, 0.3) is 0 Å². The normalized spacial score (nSPS) is 16.9. The average molecular weight is 152 g/mol. The lowest BCUT2D eigenvalue weighted by molar-refractivity contribution is 0.687. The standard InChI is InChI=1S/C9H12S/c1-7-9-5-3-2-4-8(9)6-10-7/h6H,2-5H2,1H3. The van der Waals surface area contributed by atoms with E-state index in [0.717, 1.165) is 0 Å². The predicted octanol–water partition coefficient (Wildman–Crippen LogP) is 2.94. The van der Waals surface area contributed by atoms with Gasteiger partial charge in [0.1, 0.15) is 0 Å². The topological polar surface area (TPSA) is 0 Å². The van der Waals surface area contributed by atoms with Gasteiger partial charge in [-0.05, 0) is 49.1 Å². The van der Waals surface area contributed by atoms with Crippen molar-refractivity contribution in [2.45, 2.75) is 32.6 Å². The van der Waals surface area contributed by atoms with Crippen molar-refractivity contribution in [3.05, 3.63) is 21.4 Å². The van der Waals surface area contributed by atoms with Crippen LogP contribution < -0.4 is 0 Å². The Bertz CT molecular complexity index is 235. The Balaban J connectivity index is 2.45. The van der Waals surface area contributed by atoms with Gasteiger partial charge in [-0.25, -0.2) is 0 Å². The smallest absolute Gasteiger partial charge is 0.00490 e. The quantitative estimate of drug-likeness (QED) is 0.536. The zero-order valence-corrected chi connectivity index (χ0v) is 7.13. The molecule has 0 N–H and O–H groups in total. The second kappa shape index (κ2) is 2.39. The molecule has 10 heavy (non-hydrogen) atoms. The number of fused-ring (bicyclic) bond motifs is 1. The molecule has 0 spiro atoms. The lowest BCUT2D eigenvalue weighted by Gasteiger charge is -2.10. The number of aryl methyl sites for hydroxylation is 2. The number of hydrogen-bond acceptors (Lipinski definition) is 1. The van der Waals surface area contributed by atoms with Gasteiger partial charge in [-0.3, -0.25) is 0 Å². The number of thiophene rings is 1. The largest absolute Gasteiger partial charge is 0.149 e. The molecular weight excluding hydrogens is 140 g/mol. The second-order valence-corrected chi connectivity index (χ2v) is 4.09. The minimum atomic E-state index is 1.33. The highest BCUT2D eigenvalue weighted by atomic mass is 32.1. The van der Waals surface area contributed by atoms with E-state index in [1.807, 2.05) is 11.3 Å². The molecule has 54 valence electrons. The summed E-state index contributed by atoms with van der Waals surface area (Å²) in [6.07, 6.45) is 5.48. The molecule has 0 saturated heterocycles. The summed E-state index contributed by atoms with van der Waals surface area (Å²) in [6.45, 7) is 2.24. The zero-order valence-electron chi connectivity index (χ0n) is 6.31. The fraction of sp³-hybridized carbons (Fsp3) is 0.556. The van der Waals surface area contributed by atoms with E-state index in [1.54, 1.807) is 16.0 Å². The van der Waals surface area contributed by atoms with E-state index in [1.165, 1.54) is 25.7 Å². The van der Waals surface area contributed by atoms with Crippen molar-refractivity contribution >= 4 is 11.3 Å². The maximum absolute atomic E-state index is 2.34. The predicted molar refractivity (Wildman–Crippen MR) is 45.7 cm³/mol. The maximum Gasteiger partial charge on any atom is 0.00490 e. The van der Waals surface area contributed by atoms with Crippen molar-refractivity contribution < 1.29 is 0 Å². The Morgan fingerprint density at radius 1 is 1.30 bits per heavy atom. The Hall–Kier alpha value is -0.300. The highest BCUT2D eigenvalue weighted by molar-refractivity contribution is 7.10. The molecule has 0 aromatic carbocycles. The van der Waals surface area contributed by atoms with Crippen molar-refractivity contribution in [3.63, 3.8) is 0 Å². The Morgan fingerprint density at radius 3 is 2.90 bits per heavy atom. The lowest BCUT2D eigenvalue weighted by atomic mass is 9.94. The summed E-state index contributed by atoms with van der Waals surface area (Å²) in [5, 5.41) is 2.34. The van der Waals surface area contributed by atoms with E-state index >= 15 is 0 Å². The van der Waals surface area contributed by atoms with Crippen molar-refractivity contribution in [2.24, 2.45) is 0 Å². The molecule has 1 heteroatoms. The molecule has 1 aliphatic rings. The van der Waals surface area contributed by atoms with Gasteiger partial charge in [0.05, 0.1) is 0 Å². The van der Waals surface area contributed by atoms with Crippen LogP contribution in [-0.2, 0) is 12.8 Å². The SMILES string of the molecule is Cc1scc2c1CCCC2. The summed E-state index contributed by atoms with van der Waals surface area (Å²) in [7, 11) is 0. The van der Waals surface area contributed by atoms with E-state index in [4.69, 9.17) is 0 Å². The van der Waals surface area contributed by atoms with Gasteiger partial charge in [0, 0.05) is 4.88 Å². The van der Waals surface area contributed by atoms with Crippen LogP contribution in [0.3, 0.4) is 0 Å². The molecule has 0 fully saturated rings. The first kappa shape index (κ1) is 6.41. The van der Waals surface area contributed by atoms with E-state index < -0.39 is 0 Å². The molecule has 1 aliphatic carbocycles. The van der Waals surface area contributed by atoms with Crippen LogP contribution in [0.1, 0.15) is 28.8 Å². The molecule has 0 aliphatic heterocycles. The summed E-state index contributed by atoms with van der Waals surface area (Å²) in [5.74, 6) is 0. The van der Waals surface area contributed by atoms with Crippen LogP contribution in [0.5, 0.6) is 0 Å². The summed E-state index contributed by atoms with van der Waals surface area (Å²) >= 11 is 1.92. The molecular formula is C9H12S. The summed E-state index contributed by atoms with van der Waals surface area (Å²) < 4.78 is 0. The minimum Gasteiger partial charge on any atom is -0.149 e. The third-order valence-electron chi connectivity index (χ3n) is 2.31. The van der Waals surface area contributed by atoms with Crippen molar-refractivity contribution in [2.75, 3.05) is 0 Å². The van der Waals surface area contributed by atoms with Gasteiger partial charge < -0.3 is 0 Å². The fourth-order valence-corrected chi connectivity index (χ4v) is 2.65. The first-order valence-electron chi connectivity index (χ1n) is 3.94. The molecule has 1 aromatic heterocycles. The molecule has 2 rings (SSSR count). The Kier molecular flexibility index (Phi) is 1.53. The van der Waals surface area contributed by atoms with Crippen molar-refractivity contribution in [1.82, 2.24) is 0 Å². The van der Waals surface area contributed by atoms with Gasteiger partial charge in [-0.15, -0.1) is 11.3 Å². The fourth-order valence-electron chi connectivity index (χ4n) is 1.69. The van der Waals surface area contributed by atoms with Gasteiger partial charge in [-0.2, -0.15) is 0 Å². The van der Waals surface area contributed by atoms with Crippen LogP contribution in [0.2, 0.25) is 0 Å². The van der Waals surface area contributed by atoms with Crippen LogP contribution in [0, 0.1) is 6.92 Å². The average Bonchev–Trinajstić information content (AvgIpc) is 2.34. The van der Waals surface area contributed by atoms with Gasteiger partial charge in [0.2, 0.25) is 0 Å². The Morgan fingerprint density at radius 2 is 2.10 bits per heavy atom. The van der Waals surface area contributed by atoms with Crippen LogP contribution in [0.4, 0.5) is 0 Å². The molecule has 1 aromatic rings. The zero-order chi connectivity index (χ0) is 6.97. The molecule has 0 atom stereocenters. The van der Waals surface area contributed by atoms with Crippen molar-refractivity contribution in [1.29, 1.82) is 0 Å². The van der Waals surface area contributed by atoms with Gasteiger partial charge in [0.15, 0.2) is 0 Å². The van der Waals surface area contributed by atoms with E-state index in [0.29, 0.717) is 0 Å².